The molecular weight excluding hydrogens is 592 g/mol. The fourth-order valence-electron chi connectivity index (χ4n) is 3.29. The van der Waals surface area contributed by atoms with Gasteiger partial charge in [-0.05, 0) is 25.7 Å². The molecule has 0 saturated carbocycles. The second kappa shape index (κ2) is 20.0. The minimum atomic E-state index is -1.55. The first kappa shape index (κ1) is 39.0. The highest BCUT2D eigenvalue weighted by molar-refractivity contribution is 7.80. The number of aliphatic hydroxyl groups excluding tert-OH is 1. The van der Waals surface area contributed by atoms with Crippen LogP contribution in [0.5, 0.6) is 0 Å². The maximum absolute atomic E-state index is 12.7. The van der Waals surface area contributed by atoms with E-state index >= 15 is 0 Å². The number of carbonyl (C=O) groups excluding carboxylic acids is 7. The van der Waals surface area contributed by atoms with Gasteiger partial charge in [-0.25, -0.2) is 4.79 Å². The summed E-state index contributed by atoms with van der Waals surface area (Å²) < 4.78 is 0. The van der Waals surface area contributed by atoms with E-state index in [2.05, 4.69) is 44.5 Å². The number of amides is 7. The molecule has 0 aliphatic carbocycles. The fraction of sp³-hybridized carbons (Fsp3) is 0.667. The summed E-state index contributed by atoms with van der Waals surface area (Å²) in [5.41, 5.74) is 10.6. The van der Waals surface area contributed by atoms with Crippen molar-refractivity contribution >= 4 is 59.9 Å². The number of carboxylic acid groups (broad SMARTS) is 1. The normalized spacial score (nSPS) is 14.2. The van der Waals surface area contributed by atoms with Crippen molar-refractivity contribution in [1.29, 1.82) is 0 Å². The molecule has 0 aromatic heterocycles. The molecule has 19 heteroatoms. The Kier molecular flexibility index (Phi) is 18.2. The van der Waals surface area contributed by atoms with Gasteiger partial charge >= 0.3 is 5.97 Å². The van der Waals surface area contributed by atoms with Gasteiger partial charge < -0.3 is 53.6 Å². The van der Waals surface area contributed by atoms with Crippen LogP contribution in [0.1, 0.15) is 40.0 Å². The second-order valence-electron chi connectivity index (χ2n) is 9.92. The monoisotopic (exact) mass is 634 g/mol. The zero-order chi connectivity index (χ0) is 33.3. The third kappa shape index (κ3) is 16.3. The molecule has 7 amide bonds. The third-order valence-corrected chi connectivity index (χ3v) is 5.93. The SMILES string of the molecule is CC(C)CC(NC(=O)CNC(=O)C(CO)NC(=O)C(CCC(N)=O)NC(=O)C(C)N)C(=O)NCC(=O)NC(CS)C(=O)O. The van der Waals surface area contributed by atoms with Crippen molar-refractivity contribution in [2.45, 2.75) is 70.2 Å². The van der Waals surface area contributed by atoms with E-state index in [0.29, 0.717) is 0 Å². The lowest BCUT2D eigenvalue weighted by atomic mass is 10.0. The molecule has 244 valence electrons. The van der Waals surface area contributed by atoms with Crippen molar-refractivity contribution in [3.05, 3.63) is 0 Å². The molecule has 0 fully saturated rings. The smallest absolute Gasteiger partial charge is 0.327 e. The van der Waals surface area contributed by atoms with Gasteiger partial charge in [0.1, 0.15) is 24.2 Å². The zero-order valence-corrected chi connectivity index (χ0v) is 25.1. The summed E-state index contributed by atoms with van der Waals surface area (Å²) in [4.78, 5) is 96.4. The number of primary amides is 1. The summed E-state index contributed by atoms with van der Waals surface area (Å²) in [5, 5.41) is 32.2. The molecule has 0 aliphatic heterocycles. The largest absolute Gasteiger partial charge is 0.480 e. The molecular formula is C24H42N8O10S. The number of nitrogens with two attached hydrogens (primary N) is 2. The Morgan fingerprint density at radius 2 is 1.21 bits per heavy atom. The highest BCUT2D eigenvalue weighted by atomic mass is 32.1. The van der Waals surface area contributed by atoms with Crippen LogP contribution in [0.4, 0.5) is 0 Å². The molecule has 0 saturated heterocycles. The van der Waals surface area contributed by atoms with Gasteiger partial charge in [-0.2, -0.15) is 12.6 Å². The van der Waals surface area contributed by atoms with Crippen LogP contribution in [0.15, 0.2) is 0 Å². The average Bonchev–Trinajstić information content (AvgIpc) is 2.92. The number of hydrogen-bond donors (Lipinski definition) is 11. The standard InChI is InChI=1S/C24H42N8O10S/c1-11(2)6-14(21(38)27-8-19(36)30-16(10-43)24(41)42)29-18(35)7-28-22(39)15(9-33)32-23(40)13(4-5-17(26)34)31-20(37)12(3)25/h11-16,33,43H,4-10,25H2,1-3H3,(H2,26,34)(H,27,38)(H,28,39)(H,29,35)(H,30,36)(H,31,37)(H,32,40)(H,41,42). The van der Waals surface area contributed by atoms with Gasteiger partial charge in [-0.3, -0.25) is 33.6 Å². The Labute approximate surface area is 253 Å². The molecule has 18 nitrogen and oxygen atoms in total. The van der Waals surface area contributed by atoms with Gasteiger partial charge in [0.05, 0.1) is 25.7 Å². The molecule has 12 N–H and O–H groups in total. The quantitative estimate of drug-likeness (QED) is 0.0563. The molecule has 0 bridgehead atoms. The van der Waals surface area contributed by atoms with Gasteiger partial charge in [-0.15, -0.1) is 0 Å². The first-order chi connectivity index (χ1) is 20.0. The van der Waals surface area contributed by atoms with Crippen LogP contribution in [0.25, 0.3) is 0 Å². The molecule has 0 aromatic rings. The Bertz CT molecular complexity index is 1030. The maximum Gasteiger partial charge on any atom is 0.327 e. The van der Waals surface area contributed by atoms with E-state index in [-0.39, 0.29) is 30.9 Å². The Morgan fingerprint density at radius 3 is 1.63 bits per heavy atom. The predicted molar refractivity (Wildman–Crippen MR) is 154 cm³/mol. The van der Waals surface area contributed by atoms with Crippen molar-refractivity contribution < 1.29 is 48.6 Å². The fourth-order valence-corrected chi connectivity index (χ4v) is 3.53. The lowest BCUT2D eigenvalue weighted by Crippen LogP contribution is -2.57. The number of nitrogens with one attached hydrogen (secondary N) is 6. The van der Waals surface area contributed by atoms with Crippen LogP contribution in [0.3, 0.4) is 0 Å². The maximum atomic E-state index is 12.7. The minimum absolute atomic E-state index is 0.0840. The number of aliphatic hydroxyl groups is 1. The highest BCUT2D eigenvalue weighted by Gasteiger charge is 2.28. The molecule has 43 heavy (non-hydrogen) atoms. The number of aliphatic carboxylic acids is 1. The zero-order valence-electron chi connectivity index (χ0n) is 24.2. The van der Waals surface area contributed by atoms with E-state index in [4.69, 9.17) is 16.6 Å². The average molecular weight is 635 g/mol. The number of thiol groups is 1. The topological polar surface area (TPSA) is 301 Å². The second-order valence-corrected chi connectivity index (χ2v) is 10.3. The summed E-state index contributed by atoms with van der Waals surface area (Å²) >= 11 is 3.83. The van der Waals surface area contributed by atoms with Crippen LogP contribution < -0.4 is 43.4 Å². The predicted octanol–water partition coefficient (Wildman–Crippen LogP) is -5.18. The van der Waals surface area contributed by atoms with Crippen LogP contribution in [-0.4, -0.2) is 113 Å². The summed E-state index contributed by atoms with van der Waals surface area (Å²) in [7, 11) is 0. The van der Waals surface area contributed by atoms with Gasteiger partial charge in [0.2, 0.25) is 41.4 Å². The molecule has 0 aromatic carbocycles. The minimum Gasteiger partial charge on any atom is -0.480 e. The molecule has 0 radical (unpaired) electrons. The van der Waals surface area contributed by atoms with Crippen molar-refractivity contribution in [3.8, 4) is 0 Å². The van der Waals surface area contributed by atoms with E-state index < -0.39 is 97.2 Å². The third-order valence-electron chi connectivity index (χ3n) is 5.56. The van der Waals surface area contributed by atoms with E-state index in [1.165, 1.54) is 6.92 Å². The van der Waals surface area contributed by atoms with E-state index in [0.717, 1.165) is 0 Å². The molecule has 0 rings (SSSR count). The first-order valence-corrected chi connectivity index (χ1v) is 13.9. The van der Waals surface area contributed by atoms with Gasteiger partial charge in [0, 0.05) is 12.2 Å². The highest BCUT2D eigenvalue weighted by Crippen LogP contribution is 2.05. The van der Waals surface area contributed by atoms with Crippen LogP contribution in [0.2, 0.25) is 0 Å². The molecule has 5 atom stereocenters. The van der Waals surface area contributed by atoms with Crippen LogP contribution >= 0.6 is 12.6 Å². The molecule has 0 spiro atoms. The van der Waals surface area contributed by atoms with E-state index in [9.17, 15) is 43.5 Å². The molecule has 0 heterocycles. The Balaban J connectivity index is 5.16. The van der Waals surface area contributed by atoms with E-state index in [1.54, 1.807) is 13.8 Å². The lowest BCUT2D eigenvalue weighted by Gasteiger charge is -2.23. The van der Waals surface area contributed by atoms with Crippen molar-refractivity contribution in [2.24, 2.45) is 17.4 Å². The Hall–Kier alpha value is -3.97. The lowest BCUT2D eigenvalue weighted by molar-refractivity contribution is -0.141. The summed E-state index contributed by atoms with van der Waals surface area (Å²) in [6.07, 6.45) is -0.337. The summed E-state index contributed by atoms with van der Waals surface area (Å²) in [6.45, 7) is 2.78. The number of carboxylic acids is 1. The number of rotatable bonds is 20. The summed E-state index contributed by atoms with van der Waals surface area (Å²) in [6, 6.07) is -6.22. The van der Waals surface area contributed by atoms with Crippen LogP contribution in [-0.2, 0) is 38.4 Å². The van der Waals surface area contributed by atoms with Crippen molar-refractivity contribution in [3.63, 3.8) is 0 Å². The molecule has 0 aliphatic rings. The van der Waals surface area contributed by atoms with Crippen molar-refractivity contribution in [2.75, 3.05) is 25.4 Å². The first-order valence-electron chi connectivity index (χ1n) is 13.3. The summed E-state index contributed by atoms with van der Waals surface area (Å²) in [5.74, 6) is -7.26. The van der Waals surface area contributed by atoms with E-state index in [1.807, 2.05) is 0 Å². The number of hydrogen-bond acceptors (Lipinski definition) is 11. The van der Waals surface area contributed by atoms with Gasteiger partial charge in [0.25, 0.3) is 0 Å². The van der Waals surface area contributed by atoms with Crippen molar-refractivity contribution in [1.82, 2.24) is 31.9 Å². The van der Waals surface area contributed by atoms with Crippen LogP contribution in [0, 0.1) is 5.92 Å². The Morgan fingerprint density at radius 1 is 0.721 bits per heavy atom. The van der Waals surface area contributed by atoms with Gasteiger partial charge in [-0.1, -0.05) is 13.8 Å². The number of carbonyl (C=O) groups is 8. The van der Waals surface area contributed by atoms with Gasteiger partial charge in [0.15, 0.2) is 0 Å². The molecule has 5 unspecified atom stereocenters.